The van der Waals surface area contributed by atoms with Crippen molar-refractivity contribution < 1.29 is 0 Å². The van der Waals surface area contributed by atoms with Crippen LogP contribution in [0.3, 0.4) is 0 Å². The summed E-state index contributed by atoms with van der Waals surface area (Å²) in [5.41, 5.74) is 1.14. The van der Waals surface area contributed by atoms with Crippen LogP contribution in [0.25, 0.3) is 0 Å². The minimum Gasteiger partial charge on any atom is -0.373 e. The molecule has 1 atom stereocenters. The second-order valence-corrected chi connectivity index (χ2v) is 5.36. The van der Waals surface area contributed by atoms with E-state index in [0.717, 1.165) is 49.8 Å². The van der Waals surface area contributed by atoms with Gasteiger partial charge >= 0.3 is 0 Å². The number of anilines is 1. The molecule has 2 rings (SSSR count). The molecular weight excluding hydrogens is 238 g/mol. The molecule has 19 heavy (non-hydrogen) atoms. The molecule has 2 heterocycles. The second kappa shape index (κ2) is 6.30. The Balaban J connectivity index is 2.28. The molecule has 0 bridgehead atoms. The Morgan fingerprint density at radius 2 is 2.11 bits per heavy atom. The Morgan fingerprint density at radius 3 is 2.79 bits per heavy atom. The zero-order chi connectivity index (χ0) is 13.8. The SMILES string of the molecule is CCCc1cc(NC)nc(C2CN(C)CCN2C)n1. The normalized spacial score (nSPS) is 21.6. The average Bonchev–Trinajstić information content (AvgIpc) is 2.41. The molecule has 5 nitrogen and oxygen atoms in total. The summed E-state index contributed by atoms with van der Waals surface area (Å²) in [6.07, 6.45) is 2.12. The lowest BCUT2D eigenvalue weighted by atomic mass is 10.1. The van der Waals surface area contributed by atoms with Crippen molar-refractivity contribution in [3.63, 3.8) is 0 Å². The topological polar surface area (TPSA) is 44.3 Å². The fourth-order valence-electron chi connectivity index (χ4n) is 2.47. The molecule has 1 aliphatic heterocycles. The smallest absolute Gasteiger partial charge is 0.149 e. The highest BCUT2D eigenvalue weighted by molar-refractivity contribution is 5.35. The summed E-state index contributed by atoms with van der Waals surface area (Å²) in [5.74, 6) is 1.87. The third kappa shape index (κ3) is 3.42. The number of piperazine rings is 1. The molecule has 1 aliphatic rings. The van der Waals surface area contributed by atoms with E-state index in [9.17, 15) is 0 Å². The average molecular weight is 263 g/mol. The molecule has 0 amide bonds. The summed E-state index contributed by atoms with van der Waals surface area (Å²) in [6.45, 7) is 5.36. The van der Waals surface area contributed by atoms with Crippen LogP contribution in [-0.2, 0) is 6.42 Å². The van der Waals surface area contributed by atoms with Gasteiger partial charge in [-0.1, -0.05) is 13.3 Å². The maximum Gasteiger partial charge on any atom is 0.149 e. The van der Waals surface area contributed by atoms with Gasteiger partial charge in [-0.2, -0.15) is 0 Å². The Hall–Kier alpha value is -1.20. The number of aryl methyl sites for hydroxylation is 1. The summed E-state index contributed by atoms with van der Waals surface area (Å²) in [5, 5.41) is 3.15. The van der Waals surface area contributed by atoms with Crippen molar-refractivity contribution in [2.45, 2.75) is 25.8 Å². The first-order valence-corrected chi connectivity index (χ1v) is 7.08. The van der Waals surface area contributed by atoms with E-state index in [1.165, 1.54) is 0 Å². The van der Waals surface area contributed by atoms with E-state index in [1.807, 2.05) is 7.05 Å². The summed E-state index contributed by atoms with van der Waals surface area (Å²) in [6, 6.07) is 2.35. The van der Waals surface area contributed by atoms with E-state index in [-0.39, 0.29) is 0 Å². The molecule has 0 aromatic carbocycles. The van der Waals surface area contributed by atoms with Crippen molar-refractivity contribution in [3.05, 3.63) is 17.6 Å². The number of likely N-dealkylation sites (N-methyl/N-ethyl adjacent to an activating group) is 2. The van der Waals surface area contributed by atoms with E-state index >= 15 is 0 Å². The van der Waals surface area contributed by atoms with Crippen LogP contribution in [0.5, 0.6) is 0 Å². The first-order valence-electron chi connectivity index (χ1n) is 7.08. The summed E-state index contributed by atoms with van der Waals surface area (Å²) < 4.78 is 0. The van der Waals surface area contributed by atoms with Crippen LogP contribution < -0.4 is 5.32 Å². The third-order valence-corrected chi connectivity index (χ3v) is 3.71. The predicted octanol–water partition coefficient (Wildman–Crippen LogP) is 1.39. The lowest BCUT2D eigenvalue weighted by molar-refractivity contribution is 0.109. The molecular formula is C14H25N5. The molecule has 1 aromatic heterocycles. The van der Waals surface area contributed by atoms with Crippen LogP contribution in [0.4, 0.5) is 5.82 Å². The monoisotopic (exact) mass is 263 g/mol. The predicted molar refractivity (Wildman–Crippen MR) is 78.4 cm³/mol. The van der Waals surface area contributed by atoms with Crippen molar-refractivity contribution in [1.29, 1.82) is 0 Å². The fourth-order valence-corrected chi connectivity index (χ4v) is 2.47. The van der Waals surface area contributed by atoms with Gasteiger partial charge < -0.3 is 10.2 Å². The number of aromatic nitrogens is 2. The highest BCUT2D eigenvalue weighted by atomic mass is 15.3. The molecule has 1 unspecified atom stereocenters. The maximum atomic E-state index is 4.76. The van der Waals surface area contributed by atoms with Gasteiger partial charge in [0.05, 0.1) is 6.04 Å². The molecule has 1 N–H and O–H groups in total. The van der Waals surface area contributed by atoms with Gasteiger partial charge in [-0.15, -0.1) is 0 Å². The number of hydrogen-bond donors (Lipinski definition) is 1. The molecule has 106 valence electrons. The van der Waals surface area contributed by atoms with Crippen LogP contribution in [0.2, 0.25) is 0 Å². The van der Waals surface area contributed by atoms with Crippen molar-refractivity contribution in [2.75, 3.05) is 46.1 Å². The number of nitrogens with zero attached hydrogens (tertiary/aromatic N) is 4. The molecule has 1 saturated heterocycles. The lowest BCUT2D eigenvalue weighted by Crippen LogP contribution is -2.45. The number of nitrogens with one attached hydrogen (secondary N) is 1. The van der Waals surface area contributed by atoms with Gasteiger partial charge in [0.1, 0.15) is 11.6 Å². The third-order valence-electron chi connectivity index (χ3n) is 3.71. The molecule has 0 saturated carbocycles. The van der Waals surface area contributed by atoms with Crippen molar-refractivity contribution >= 4 is 5.82 Å². The maximum absolute atomic E-state index is 4.76. The Bertz CT molecular complexity index is 420. The lowest BCUT2D eigenvalue weighted by Gasteiger charge is -2.36. The summed E-state index contributed by atoms with van der Waals surface area (Å²) in [4.78, 5) is 14.1. The molecule has 1 fully saturated rings. The first-order chi connectivity index (χ1) is 9.13. The minimum atomic E-state index is 0.294. The zero-order valence-electron chi connectivity index (χ0n) is 12.5. The molecule has 5 heteroatoms. The highest BCUT2D eigenvalue weighted by Crippen LogP contribution is 2.22. The molecule has 1 aromatic rings. The van der Waals surface area contributed by atoms with E-state index < -0.39 is 0 Å². The van der Waals surface area contributed by atoms with Gasteiger partial charge in [0.25, 0.3) is 0 Å². The zero-order valence-corrected chi connectivity index (χ0v) is 12.5. The quantitative estimate of drug-likeness (QED) is 0.889. The molecule has 0 radical (unpaired) electrons. The van der Waals surface area contributed by atoms with Gasteiger partial charge in [-0.25, -0.2) is 9.97 Å². The van der Waals surface area contributed by atoms with Gasteiger partial charge in [0, 0.05) is 38.4 Å². The minimum absolute atomic E-state index is 0.294. The Kier molecular flexibility index (Phi) is 4.71. The van der Waals surface area contributed by atoms with E-state index in [4.69, 9.17) is 4.98 Å². The van der Waals surface area contributed by atoms with Crippen LogP contribution in [0.15, 0.2) is 6.07 Å². The van der Waals surface area contributed by atoms with Gasteiger partial charge in [-0.05, 0) is 20.5 Å². The largest absolute Gasteiger partial charge is 0.373 e. The van der Waals surface area contributed by atoms with Gasteiger partial charge in [0.15, 0.2) is 0 Å². The van der Waals surface area contributed by atoms with Crippen LogP contribution in [0, 0.1) is 0 Å². The summed E-state index contributed by atoms with van der Waals surface area (Å²) in [7, 11) is 6.24. The van der Waals surface area contributed by atoms with Crippen LogP contribution >= 0.6 is 0 Å². The number of hydrogen-bond acceptors (Lipinski definition) is 5. The number of rotatable bonds is 4. The first kappa shape index (κ1) is 14.2. The fraction of sp³-hybridized carbons (Fsp3) is 0.714. The molecule has 0 spiro atoms. The van der Waals surface area contributed by atoms with E-state index in [1.54, 1.807) is 0 Å². The second-order valence-electron chi connectivity index (χ2n) is 5.36. The van der Waals surface area contributed by atoms with Gasteiger partial charge in [0.2, 0.25) is 0 Å². The van der Waals surface area contributed by atoms with Gasteiger partial charge in [-0.3, -0.25) is 4.90 Å². The Labute approximate surface area is 116 Å². The van der Waals surface area contributed by atoms with Crippen LogP contribution in [0.1, 0.15) is 30.9 Å². The summed E-state index contributed by atoms with van der Waals surface area (Å²) >= 11 is 0. The van der Waals surface area contributed by atoms with Crippen molar-refractivity contribution in [2.24, 2.45) is 0 Å². The van der Waals surface area contributed by atoms with E-state index in [2.05, 4.69) is 47.2 Å². The Morgan fingerprint density at radius 1 is 1.32 bits per heavy atom. The van der Waals surface area contributed by atoms with Crippen molar-refractivity contribution in [3.8, 4) is 0 Å². The van der Waals surface area contributed by atoms with Crippen LogP contribution in [-0.4, -0.2) is 60.5 Å². The van der Waals surface area contributed by atoms with E-state index in [0.29, 0.717) is 6.04 Å². The van der Waals surface area contributed by atoms with Crippen molar-refractivity contribution in [1.82, 2.24) is 19.8 Å². The highest BCUT2D eigenvalue weighted by Gasteiger charge is 2.26. The molecule has 0 aliphatic carbocycles. The standard InChI is InChI=1S/C14H25N5/c1-5-6-11-9-13(15-2)17-14(16-11)12-10-18(3)7-8-19(12)4/h9,12H,5-8,10H2,1-4H3,(H,15,16,17).